The first-order chi connectivity index (χ1) is 9.61. The number of fused-ring (bicyclic) bond motifs is 1. The van der Waals surface area contributed by atoms with E-state index >= 15 is 0 Å². The molecule has 3 N–H and O–H groups in total. The van der Waals surface area contributed by atoms with Crippen LogP contribution in [0.15, 0.2) is 24.3 Å². The Morgan fingerprint density at radius 1 is 1.45 bits per heavy atom. The number of amides is 1. The van der Waals surface area contributed by atoms with E-state index in [2.05, 4.69) is 10.6 Å². The topological polar surface area (TPSA) is 78.4 Å². The summed E-state index contributed by atoms with van der Waals surface area (Å²) in [6, 6.07) is 7.16. The van der Waals surface area contributed by atoms with Crippen LogP contribution in [0.4, 0.5) is 0 Å². The maximum Gasteiger partial charge on any atom is 0.305 e. The summed E-state index contributed by atoms with van der Waals surface area (Å²) in [7, 11) is 0. The van der Waals surface area contributed by atoms with Crippen molar-refractivity contribution in [3.05, 3.63) is 35.4 Å². The standard InChI is InChI=1S/C15H20N2O3/c1-2-11(9-13(18)19)17-15(20)14-12-6-4-3-5-10(12)7-8-16-14/h3-6,11,14,16H,2,7-9H2,1H3,(H,17,20)(H,18,19). The van der Waals surface area contributed by atoms with E-state index in [1.165, 1.54) is 5.56 Å². The Labute approximate surface area is 118 Å². The van der Waals surface area contributed by atoms with Crippen molar-refractivity contribution in [1.29, 1.82) is 0 Å². The lowest BCUT2D eigenvalue weighted by molar-refractivity contribution is -0.137. The van der Waals surface area contributed by atoms with Gasteiger partial charge in [-0.25, -0.2) is 0 Å². The zero-order chi connectivity index (χ0) is 14.5. The third-order valence-corrected chi connectivity index (χ3v) is 3.63. The van der Waals surface area contributed by atoms with Gasteiger partial charge in [0.25, 0.3) is 0 Å². The second-order valence-corrected chi connectivity index (χ2v) is 5.05. The van der Waals surface area contributed by atoms with Crippen molar-refractivity contribution in [2.24, 2.45) is 0 Å². The number of hydrogen-bond acceptors (Lipinski definition) is 3. The predicted molar refractivity (Wildman–Crippen MR) is 75.4 cm³/mol. The maximum atomic E-state index is 12.3. The molecule has 0 saturated heterocycles. The zero-order valence-electron chi connectivity index (χ0n) is 11.6. The molecule has 1 aliphatic rings. The van der Waals surface area contributed by atoms with Crippen LogP contribution < -0.4 is 10.6 Å². The molecular formula is C15H20N2O3. The monoisotopic (exact) mass is 276 g/mol. The van der Waals surface area contributed by atoms with E-state index in [0.717, 1.165) is 18.5 Å². The van der Waals surface area contributed by atoms with Gasteiger partial charge < -0.3 is 15.7 Å². The van der Waals surface area contributed by atoms with Crippen LogP contribution in [0.25, 0.3) is 0 Å². The molecule has 2 atom stereocenters. The molecule has 0 fully saturated rings. The Morgan fingerprint density at radius 2 is 2.20 bits per heavy atom. The Kier molecular flexibility index (Phi) is 4.74. The minimum Gasteiger partial charge on any atom is -0.481 e. The summed E-state index contributed by atoms with van der Waals surface area (Å²) >= 11 is 0. The predicted octanol–water partition coefficient (Wildman–Crippen LogP) is 1.24. The minimum atomic E-state index is -0.894. The molecule has 0 aromatic heterocycles. The van der Waals surface area contributed by atoms with Crippen molar-refractivity contribution in [3.63, 3.8) is 0 Å². The van der Waals surface area contributed by atoms with Crippen LogP contribution in [0.5, 0.6) is 0 Å². The van der Waals surface area contributed by atoms with E-state index < -0.39 is 5.97 Å². The molecule has 0 radical (unpaired) electrons. The van der Waals surface area contributed by atoms with E-state index in [1.807, 2.05) is 31.2 Å². The van der Waals surface area contributed by atoms with Gasteiger partial charge in [-0.1, -0.05) is 31.2 Å². The van der Waals surface area contributed by atoms with Gasteiger partial charge in [-0.15, -0.1) is 0 Å². The maximum absolute atomic E-state index is 12.3. The molecule has 0 aliphatic carbocycles. The number of carboxylic acid groups (broad SMARTS) is 1. The van der Waals surface area contributed by atoms with Crippen LogP contribution in [0, 0.1) is 0 Å². The first kappa shape index (κ1) is 14.5. The zero-order valence-corrected chi connectivity index (χ0v) is 11.6. The van der Waals surface area contributed by atoms with Gasteiger partial charge in [-0.05, 0) is 24.0 Å². The molecule has 1 amide bonds. The number of hydrogen-bond donors (Lipinski definition) is 3. The summed E-state index contributed by atoms with van der Waals surface area (Å²) < 4.78 is 0. The van der Waals surface area contributed by atoms with Crippen molar-refractivity contribution >= 4 is 11.9 Å². The molecule has 1 aromatic rings. The number of rotatable bonds is 5. The number of carboxylic acids is 1. The van der Waals surface area contributed by atoms with Crippen molar-refractivity contribution in [2.75, 3.05) is 6.54 Å². The molecule has 5 heteroatoms. The van der Waals surface area contributed by atoms with Crippen molar-refractivity contribution in [3.8, 4) is 0 Å². The lowest BCUT2D eigenvalue weighted by atomic mass is 9.93. The van der Waals surface area contributed by atoms with Crippen molar-refractivity contribution in [1.82, 2.24) is 10.6 Å². The first-order valence-electron chi connectivity index (χ1n) is 6.95. The summed E-state index contributed by atoms with van der Waals surface area (Å²) in [5, 5.41) is 14.9. The highest BCUT2D eigenvalue weighted by atomic mass is 16.4. The largest absolute Gasteiger partial charge is 0.481 e. The molecule has 5 nitrogen and oxygen atoms in total. The average molecular weight is 276 g/mol. The molecular weight excluding hydrogens is 256 g/mol. The fourth-order valence-corrected chi connectivity index (χ4v) is 2.53. The molecule has 2 rings (SSSR count). The fourth-order valence-electron chi connectivity index (χ4n) is 2.53. The highest BCUT2D eigenvalue weighted by molar-refractivity contribution is 5.84. The Hall–Kier alpha value is -1.88. The van der Waals surface area contributed by atoms with Crippen LogP contribution in [-0.2, 0) is 16.0 Å². The van der Waals surface area contributed by atoms with Gasteiger partial charge in [-0.2, -0.15) is 0 Å². The van der Waals surface area contributed by atoms with Gasteiger partial charge in [0.2, 0.25) is 5.91 Å². The quantitative estimate of drug-likeness (QED) is 0.756. The number of carbonyl (C=O) groups excluding carboxylic acids is 1. The molecule has 1 heterocycles. The molecule has 1 aliphatic heterocycles. The number of aliphatic carboxylic acids is 1. The minimum absolute atomic E-state index is 0.0450. The van der Waals surface area contributed by atoms with E-state index in [4.69, 9.17) is 5.11 Å². The van der Waals surface area contributed by atoms with E-state index in [9.17, 15) is 9.59 Å². The molecule has 108 valence electrons. The van der Waals surface area contributed by atoms with Gasteiger partial charge in [0.05, 0.1) is 6.42 Å². The van der Waals surface area contributed by atoms with Gasteiger partial charge in [0.15, 0.2) is 0 Å². The van der Waals surface area contributed by atoms with E-state index in [0.29, 0.717) is 6.42 Å². The smallest absolute Gasteiger partial charge is 0.305 e. The van der Waals surface area contributed by atoms with Crippen molar-refractivity contribution in [2.45, 2.75) is 38.3 Å². The van der Waals surface area contributed by atoms with Crippen LogP contribution >= 0.6 is 0 Å². The molecule has 0 bridgehead atoms. The van der Waals surface area contributed by atoms with Gasteiger partial charge in [0.1, 0.15) is 6.04 Å². The third kappa shape index (κ3) is 3.36. The van der Waals surface area contributed by atoms with Crippen LogP contribution in [0.1, 0.15) is 36.9 Å². The third-order valence-electron chi connectivity index (χ3n) is 3.63. The second-order valence-electron chi connectivity index (χ2n) is 5.05. The van der Waals surface area contributed by atoms with E-state index in [1.54, 1.807) is 0 Å². The van der Waals surface area contributed by atoms with Crippen LogP contribution in [0.2, 0.25) is 0 Å². The fraction of sp³-hybridized carbons (Fsp3) is 0.467. The summed E-state index contributed by atoms with van der Waals surface area (Å²) in [6.07, 6.45) is 1.47. The summed E-state index contributed by atoms with van der Waals surface area (Å²) in [4.78, 5) is 23.1. The molecule has 1 aromatic carbocycles. The summed E-state index contributed by atoms with van der Waals surface area (Å²) in [5.74, 6) is -1.04. The lowest BCUT2D eigenvalue weighted by Gasteiger charge is -2.27. The lowest BCUT2D eigenvalue weighted by Crippen LogP contribution is -2.45. The van der Waals surface area contributed by atoms with Gasteiger partial charge in [-0.3, -0.25) is 9.59 Å². The number of carbonyl (C=O) groups is 2. The summed E-state index contributed by atoms with van der Waals surface area (Å²) in [5.41, 5.74) is 2.17. The summed E-state index contributed by atoms with van der Waals surface area (Å²) in [6.45, 7) is 2.63. The van der Waals surface area contributed by atoms with E-state index in [-0.39, 0.29) is 24.4 Å². The van der Waals surface area contributed by atoms with Gasteiger partial charge in [0, 0.05) is 12.6 Å². The average Bonchev–Trinajstić information content (AvgIpc) is 2.45. The first-order valence-corrected chi connectivity index (χ1v) is 6.95. The van der Waals surface area contributed by atoms with Crippen molar-refractivity contribution < 1.29 is 14.7 Å². The number of nitrogens with one attached hydrogen (secondary N) is 2. The van der Waals surface area contributed by atoms with Crippen LogP contribution in [-0.4, -0.2) is 29.6 Å². The highest BCUT2D eigenvalue weighted by Crippen LogP contribution is 2.22. The van der Waals surface area contributed by atoms with Gasteiger partial charge >= 0.3 is 5.97 Å². The normalized spacial score (nSPS) is 18.9. The highest BCUT2D eigenvalue weighted by Gasteiger charge is 2.27. The molecule has 2 unspecified atom stereocenters. The Bertz CT molecular complexity index is 502. The molecule has 20 heavy (non-hydrogen) atoms. The molecule has 0 spiro atoms. The Morgan fingerprint density at radius 3 is 2.90 bits per heavy atom. The Balaban J connectivity index is 2.08. The molecule has 0 saturated carbocycles. The second kappa shape index (κ2) is 6.52. The SMILES string of the molecule is CCC(CC(=O)O)NC(=O)C1NCCc2ccccc21. The number of benzene rings is 1. The van der Waals surface area contributed by atoms with Crippen LogP contribution in [0.3, 0.4) is 0 Å².